The largest absolute Gasteiger partial charge is 0.481 e. The van der Waals surface area contributed by atoms with E-state index in [4.69, 9.17) is 0 Å². The van der Waals surface area contributed by atoms with Gasteiger partial charge in [0.15, 0.2) is 0 Å². The van der Waals surface area contributed by atoms with Crippen LogP contribution in [0.15, 0.2) is 0 Å². The zero-order chi connectivity index (χ0) is 12.8. The zero-order valence-electron chi connectivity index (χ0n) is 11.5. The summed E-state index contributed by atoms with van der Waals surface area (Å²) in [5.41, 5.74) is 0. The normalized spacial score (nSPS) is 19.8. The molecular weight excluding hydrogens is 214 g/mol. The molecule has 0 bridgehead atoms. The topological polar surface area (TPSA) is 40.5 Å². The molecule has 1 saturated carbocycles. The van der Waals surface area contributed by atoms with Crippen molar-refractivity contribution in [3.05, 3.63) is 0 Å². The molecule has 1 rings (SSSR count). The Morgan fingerprint density at radius 3 is 2.35 bits per heavy atom. The van der Waals surface area contributed by atoms with Gasteiger partial charge in [-0.15, -0.1) is 0 Å². The highest BCUT2D eigenvalue weighted by Gasteiger charge is 2.24. The number of carboxylic acid groups (broad SMARTS) is 1. The Balaban J connectivity index is 2.35. The molecule has 0 amide bonds. The molecule has 1 atom stereocenters. The maximum atomic E-state index is 11.1. The van der Waals surface area contributed by atoms with E-state index in [-0.39, 0.29) is 11.8 Å². The summed E-state index contributed by atoms with van der Waals surface area (Å²) in [4.78, 5) is 13.4. The molecule has 0 spiro atoms. The summed E-state index contributed by atoms with van der Waals surface area (Å²) in [7, 11) is 2.06. The van der Waals surface area contributed by atoms with E-state index in [1.807, 2.05) is 13.8 Å². The number of hydrogen-bond donors (Lipinski definition) is 1. The van der Waals surface area contributed by atoms with Gasteiger partial charge in [0, 0.05) is 13.1 Å². The van der Waals surface area contributed by atoms with Crippen LogP contribution in [0.2, 0.25) is 0 Å². The van der Waals surface area contributed by atoms with Crippen LogP contribution in [0, 0.1) is 17.8 Å². The van der Waals surface area contributed by atoms with Gasteiger partial charge in [-0.05, 0) is 31.7 Å². The highest BCUT2D eigenvalue weighted by Crippen LogP contribution is 2.24. The van der Waals surface area contributed by atoms with Crippen LogP contribution in [-0.2, 0) is 4.79 Å². The van der Waals surface area contributed by atoms with E-state index in [1.165, 1.54) is 32.1 Å². The maximum absolute atomic E-state index is 11.1. The molecule has 0 aromatic rings. The molecule has 1 fully saturated rings. The Morgan fingerprint density at radius 1 is 1.29 bits per heavy atom. The van der Waals surface area contributed by atoms with E-state index >= 15 is 0 Å². The van der Waals surface area contributed by atoms with E-state index in [2.05, 4.69) is 11.9 Å². The molecule has 0 radical (unpaired) electrons. The standard InChI is InChI=1S/C14H27NO2/c1-11(2)13(14(16)17)10-15(3)9-12-7-5-4-6-8-12/h11-13H,4-10H2,1-3H3,(H,16,17). The highest BCUT2D eigenvalue weighted by molar-refractivity contribution is 5.70. The molecule has 0 aliphatic heterocycles. The van der Waals surface area contributed by atoms with Crippen molar-refractivity contribution >= 4 is 5.97 Å². The van der Waals surface area contributed by atoms with Gasteiger partial charge in [-0.2, -0.15) is 0 Å². The van der Waals surface area contributed by atoms with E-state index < -0.39 is 5.97 Å². The van der Waals surface area contributed by atoms with Crippen LogP contribution in [0.5, 0.6) is 0 Å². The number of rotatable bonds is 6. The van der Waals surface area contributed by atoms with Gasteiger partial charge in [0.05, 0.1) is 5.92 Å². The summed E-state index contributed by atoms with van der Waals surface area (Å²) >= 11 is 0. The predicted octanol–water partition coefficient (Wildman–Crippen LogP) is 2.86. The molecule has 1 aliphatic rings. The van der Waals surface area contributed by atoms with Crippen molar-refractivity contribution < 1.29 is 9.90 Å². The molecule has 0 saturated heterocycles. The number of aliphatic carboxylic acids is 1. The van der Waals surface area contributed by atoms with Gasteiger partial charge in [-0.1, -0.05) is 33.1 Å². The van der Waals surface area contributed by atoms with Gasteiger partial charge in [0.25, 0.3) is 0 Å². The second-order valence-corrected chi connectivity index (χ2v) is 5.91. The summed E-state index contributed by atoms with van der Waals surface area (Å²) < 4.78 is 0. The first-order chi connectivity index (χ1) is 8.00. The molecule has 17 heavy (non-hydrogen) atoms. The Hall–Kier alpha value is -0.570. The van der Waals surface area contributed by atoms with Gasteiger partial charge < -0.3 is 10.0 Å². The van der Waals surface area contributed by atoms with E-state index in [0.29, 0.717) is 6.54 Å². The Morgan fingerprint density at radius 2 is 1.88 bits per heavy atom. The minimum Gasteiger partial charge on any atom is -0.481 e. The fourth-order valence-electron chi connectivity index (χ4n) is 2.79. The van der Waals surface area contributed by atoms with Crippen molar-refractivity contribution in [2.24, 2.45) is 17.8 Å². The van der Waals surface area contributed by atoms with Crippen molar-refractivity contribution in [1.82, 2.24) is 4.90 Å². The number of carboxylic acids is 1. The Labute approximate surface area is 105 Å². The lowest BCUT2D eigenvalue weighted by molar-refractivity contribution is -0.144. The summed E-state index contributed by atoms with van der Waals surface area (Å²) in [5, 5.41) is 9.17. The summed E-state index contributed by atoms with van der Waals surface area (Å²) in [5.74, 6) is 0.107. The van der Waals surface area contributed by atoms with Gasteiger partial charge in [0.2, 0.25) is 0 Å². The van der Waals surface area contributed by atoms with Crippen molar-refractivity contribution in [3.8, 4) is 0 Å². The smallest absolute Gasteiger partial charge is 0.308 e. The molecule has 1 N–H and O–H groups in total. The van der Waals surface area contributed by atoms with Crippen LogP contribution in [0.4, 0.5) is 0 Å². The molecule has 0 aromatic carbocycles. The second-order valence-electron chi connectivity index (χ2n) is 5.91. The third-order valence-corrected chi connectivity index (χ3v) is 3.92. The van der Waals surface area contributed by atoms with Crippen LogP contribution in [0.3, 0.4) is 0 Å². The predicted molar refractivity (Wildman–Crippen MR) is 70.0 cm³/mol. The third-order valence-electron chi connectivity index (χ3n) is 3.92. The maximum Gasteiger partial charge on any atom is 0.308 e. The van der Waals surface area contributed by atoms with Crippen molar-refractivity contribution in [2.75, 3.05) is 20.1 Å². The molecule has 0 aromatic heterocycles. The van der Waals surface area contributed by atoms with Crippen molar-refractivity contribution in [3.63, 3.8) is 0 Å². The Bertz CT molecular complexity index is 234. The van der Waals surface area contributed by atoms with E-state index in [9.17, 15) is 9.90 Å². The van der Waals surface area contributed by atoms with Gasteiger partial charge in [-0.25, -0.2) is 0 Å². The molecule has 3 nitrogen and oxygen atoms in total. The number of carbonyl (C=O) groups is 1. The minimum atomic E-state index is -0.657. The lowest BCUT2D eigenvalue weighted by atomic mass is 9.88. The zero-order valence-corrected chi connectivity index (χ0v) is 11.5. The van der Waals surface area contributed by atoms with Crippen LogP contribution in [0.1, 0.15) is 46.0 Å². The average molecular weight is 241 g/mol. The lowest BCUT2D eigenvalue weighted by Crippen LogP contribution is -2.36. The first kappa shape index (κ1) is 14.5. The number of nitrogens with zero attached hydrogens (tertiary/aromatic N) is 1. The second kappa shape index (κ2) is 7.00. The summed E-state index contributed by atoms with van der Waals surface area (Å²) in [6.07, 6.45) is 6.73. The van der Waals surface area contributed by atoms with E-state index in [0.717, 1.165) is 12.5 Å². The van der Waals surface area contributed by atoms with Gasteiger partial charge in [-0.3, -0.25) is 4.79 Å². The van der Waals surface area contributed by atoms with Crippen LogP contribution >= 0.6 is 0 Å². The van der Waals surface area contributed by atoms with E-state index in [1.54, 1.807) is 0 Å². The SMILES string of the molecule is CC(C)C(CN(C)CC1CCCCC1)C(=O)O. The molecular formula is C14H27NO2. The average Bonchev–Trinajstić information content (AvgIpc) is 2.26. The van der Waals surface area contributed by atoms with Gasteiger partial charge >= 0.3 is 5.97 Å². The van der Waals surface area contributed by atoms with Crippen LogP contribution in [-0.4, -0.2) is 36.1 Å². The Kier molecular flexibility index (Phi) is 5.96. The minimum absolute atomic E-state index is 0.210. The fourth-order valence-corrected chi connectivity index (χ4v) is 2.79. The first-order valence-corrected chi connectivity index (χ1v) is 6.92. The fraction of sp³-hybridized carbons (Fsp3) is 0.929. The molecule has 1 aliphatic carbocycles. The molecule has 1 unspecified atom stereocenters. The van der Waals surface area contributed by atoms with Crippen molar-refractivity contribution in [1.29, 1.82) is 0 Å². The van der Waals surface area contributed by atoms with Crippen LogP contribution in [0.25, 0.3) is 0 Å². The highest BCUT2D eigenvalue weighted by atomic mass is 16.4. The van der Waals surface area contributed by atoms with Crippen molar-refractivity contribution in [2.45, 2.75) is 46.0 Å². The molecule has 100 valence electrons. The first-order valence-electron chi connectivity index (χ1n) is 6.92. The quantitative estimate of drug-likeness (QED) is 0.777. The van der Waals surface area contributed by atoms with Crippen LogP contribution < -0.4 is 0 Å². The monoisotopic (exact) mass is 241 g/mol. The summed E-state index contributed by atoms with van der Waals surface area (Å²) in [6, 6.07) is 0. The van der Waals surface area contributed by atoms with Gasteiger partial charge in [0.1, 0.15) is 0 Å². The third kappa shape index (κ3) is 5.07. The molecule has 3 heteroatoms. The number of hydrogen-bond acceptors (Lipinski definition) is 2. The molecule has 0 heterocycles. The summed E-state index contributed by atoms with van der Waals surface area (Å²) in [6.45, 7) is 5.74. The lowest BCUT2D eigenvalue weighted by Gasteiger charge is -2.29.